The van der Waals surface area contributed by atoms with E-state index in [1.165, 1.54) is 12.8 Å². The number of hydrogen-bond donors (Lipinski definition) is 2. The number of nitrogens with zero attached hydrogens (tertiary/aromatic N) is 1. The summed E-state index contributed by atoms with van der Waals surface area (Å²) < 4.78 is 0. The molecule has 1 rings (SSSR count). The van der Waals surface area contributed by atoms with E-state index in [0.717, 1.165) is 13.1 Å². The third-order valence-electron chi connectivity index (χ3n) is 3.03. The lowest BCUT2D eigenvalue weighted by Crippen LogP contribution is -2.45. The molecule has 1 unspecified atom stereocenters. The van der Waals surface area contributed by atoms with Crippen molar-refractivity contribution < 1.29 is 5.11 Å². The van der Waals surface area contributed by atoms with Gasteiger partial charge >= 0.3 is 0 Å². The van der Waals surface area contributed by atoms with E-state index in [-0.39, 0.29) is 12.6 Å². The Bertz CT molecular complexity index is 159. The van der Waals surface area contributed by atoms with Gasteiger partial charge in [-0.1, -0.05) is 0 Å². The van der Waals surface area contributed by atoms with E-state index >= 15 is 0 Å². The third-order valence-corrected chi connectivity index (χ3v) is 3.03. The average Bonchev–Trinajstić information content (AvgIpc) is 2.31. The van der Waals surface area contributed by atoms with Crippen LogP contribution in [0.4, 0.5) is 0 Å². The van der Waals surface area contributed by atoms with Crippen LogP contribution in [0.15, 0.2) is 0 Å². The summed E-state index contributed by atoms with van der Waals surface area (Å²) in [7, 11) is 0. The molecule has 0 spiro atoms. The lowest BCUT2D eigenvalue weighted by molar-refractivity contribution is 0.155. The van der Waals surface area contributed by atoms with Gasteiger partial charge in [0.2, 0.25) is 0 Å². The summed E-state index contributed by atoms with van der Waals surface area (Å²) >= 11 is 0. The molecule has 0 amide bonds. The van der Waals surface area contributed by atoms with Gasteiger partial charge in [0.15, 0.2) is 0 Å². The topological polar surface area (TPSA) is 49.5 Å². The molecule has 1 saturated heterocycles. The van der Waals surface area contributed by atoms with Crippen LogP contribution in [0, 0.1) is 0 Å². The molecule has 1 fully saturated rings. The summed E-state index contributed by atoms with van der Waals surface area (Å²) in [4.78, 5) is 2.44. The number of nitrogens with two attached hydrogens (primary N) is 1. The van der Waals surface area contributed by atoms with Crippen molar-refractivity contribution in [1.82, 2.24) is 4.90 Å². The highest BCUT2D eigenvalue weighted by atomic mass is 16.3. The Labute approximate surface area is 80.9 Å². The quantitative estimate of drug-likeness (QED) is 0.675. The van der Waals surface area contributed by atoms with E-state index in [9.17, 15) is 0 Å². The summed E-state index contributed by atoms with van der Waals surface area (Å²) in [5, 5.41) is 8.74. The normalized spacial score (nSPS) is 24.9. The molecule has 0 saturated carbocycles. The van der Waals surface area contributed by atoms with Gasteiger partial charge in [0.05, 0.1) is 0 Å². The molecule has 78 valence electrons. The van der Waals surface area contributed by atoms with Gasteiger partial charge in [0.1, 0.15) is 0 Å². The van der Waals surface area contributed by atoms with Crippen molar-refractivity contribution in [3.05, 3.63) is 0 Å². The van der Waals surface area contributed by atoms with Crippen LogP contribution < -0.4 is 5.73 Å². The second kappa shape index (κ2) is 4.40. The van der Waals surface area contributed by atoms with Gasteiger partial charge in [-0.25, -0.2) is 0 Å². The van der Waals surface area contributed by atoms with Gasteiger partial charge in [-0.3, -0.25) is 4.90 Å². The fourth-order valence-electron chi connectivity index (χ4n) is 2.04. The van der Waals surface area contributed by atoms with Crippen molar-refractivity contribution in [3.63, 3.8) is 0 Å². The van der Waals surface area contributed by atoms with E-state index in [1.807, 2.05) is 0 Å². The highest BCUT2D eigenvalue weighted by molar-refractivity contribution is 4.89. The summed E-state index contributed by atoms with van der Waals surface area (Å²) in [6, 6.07) is 0.127. The number of rotatable bonds is 4. The standard InChI is InChI=1S/C10H22N2O/c1-10(2)5-3-6-12(10)8-9(11)4-7-13/h9,13H,3-8,11H2,1-2H3. The number of aliphatic hydroxyl groups is 1. The van der Waals surface area contributed by atoms with Gasteiger partial charge in [0.25, 0.3) is 0 Å². The molecule has 0 aromatic rings. The van der Waals surface area contributed by atoms with Crippen LogP contribution in [-0.4, -0.2) is 41.3 Å². The maximum absolute atomic E-state index is 8.74. The molecular weight excluding hydrogens is 164 g/mol. The van der Waals surface area contributed by atoms with Crippen molar-refractivity contribution in [3.8, 4) is 0 Å². The van der Waals surface area contributed by atoms with Crippen molar-refractivity contribution >= 4 is 0 Å². The second-order valence-corrected chi connectivity index (χ2v) is 4.63. The molecule has 1 heterocycles. The molecule has 3 nitrogen and oxygen atoms in total. The van der Waals surface area contributed by atoms with Gasteiger partial charge in [-0.15, -0.1) is 0 Å². The zero-order valence-electron chi connectivity index (χ0n) is 8.79. The van der Waals surface area contributed by atoms with Crippen LogP contribution in [0.1, 0.15) is 33.1 Å². The summed E-state index contributed by atoms with van der Waals surface area (Å²) in [6.45, 7) is 6.83. The molecule has 0 aliphatic carbocycles. The first-order valence-corrected chi connectivity index (χ1v) is 5.18. The van der Waals surface area contributed by atoms with Crippen molar-refractivity contribution in [1.29, 1.82) is 0 Å². The van der Waals surface area contributed by atoms with Gasteiger partial charge < -0.3 is 10.8 Å². The smallest absolute Gasteiger partial charge is 0.0446 e. The van der Waals surface area contributed by atoms with Crippen LogP contribution in [-0.2, 0) is 0 Å². The molecular formula is C10H22N2O. The van der Waals surface area contributed by atoms with E-state index in [1.54, 1.807) is 0 Å². The Balaban J connectivity index is 2.35. The number of likely N-dealkylation sites (tertiary alicyclic amines) is 1. The molecule has 3 heteroatoms. The van der Waals surface area contributed by atoms with Crippen molar-refractivity contribution in [2.24, 2.45) is 5.73 Å². The minimum absolute atomic E-state index is 0.127. The Kier molecular flexibility index (Phi) is 3.71. The molecule has 0 radical (unpaired) electrons. The van der Waals surface area contributed by atoms with Crippen LogP contribution in [0.2, 0.25) is 0 Å². The first-order valence-electron chi connectivity index (χ1n) is 5.18. The average molecular weight is 186 g/mol. The molecule has 3 N–H and O–H groups in total. The van der Waals surface area contributed by atoms with E-state index in [4.69, 9.17) is 10.8 Å². The molecule has 13 heavy (non-hydrogen) atoms. The summed E-state index contributed by atoms with van der Waals surface area (Å²) in [5.41, 5.74) is 6.20. The molecule has 0 aromatic heterocycles. The highest BCUT2D eigenvalue weighted by Gasteiger charge is 2.32. The zero-order chi connectivity index (χ0) is 9.90. The highest BCUT2D eigenvalue weighted by Crippen LogP contribution is 2.27. The Morgan fingerprint density at radius 1 is 1.54 bits per heavy atom. The molecule has 1 atom stereocenters. The van der Waals surface area contributed by atoms with Crippen molar-refractivity contribution in [2.45, 2.75) is 44.7 Å². The maximum Gasteiger partial charge on any atom is 0.0446 e. The second-order valence-electron chi connectivity index (χ2n) is 4.63. The monoisotopic (exact) mass is 186 g/mol. The minimum atomic E-state index is 0.127. The maximum atomic E-state index is 8.74. The molecule has 0 aromatic carbocycles. The van der Waals surface area contributed by atoms with Crippen LogP contribution in [0.3, 0.4) is 0 Å². The first-order chi connectivity index (χ1) is 6.06. The Morgan fingerprint density at radius 2 is 2.23 bits per heavy atom. The predicted octanol–water partition coefficient (Wildman–Crippen LogP) is 0.571. The fourth-order valence-corrected chi connectivity index (χ4v) is 2.04. The zero-order valence-corrected chi connectivity index (χ0v) is 8.79. The van der Waals surface area contributed by atoms with E-state index in [0.29, 0.717) is 12.0 Å². The molecule has 1 aliphatic rings. The molecule has 0 bridgehead atoms. The summed E-state index contributed by atoms with van der Waals surface area (Å²) in [5.74, 6) is 0. The van der Waals surface area contributed by atoms with Gasteiger partial charge in [-0.2, -0.15) is 0 Å². The van der Waals surface area contributed by atoms with Gasteiger partial charge in [-0.05, 0) is 39.7 Å². The number of aliphatic hydroxyl groups excluding tert-OH is 1. The minimum Gasteiger partial charge on any atom is -0.396 e. The third kappa shape index (κ3) is 2.93. The lowest BCUT2D eigenvalue weighted by Gasteiger charge is -2.33. The fraction of sp³-hybridized carbons (Fsp3) is 1.00. The Morgan fingerprint density at radius 3 is 2.69 bits per heavy atom. The van der Waals surface area contributed by atoms with E-state index in [2.05, 4.69) is 18.7 Å². The van der Waals surface area contributed by atoms with Gasteiger partial charge in [0, 0.05) is 24.7 Å². The SMILES string of the molecule is CC1(C)CCCN1CC(N)CCO. The van der Waals surface area contributed by atoms with E-state index < -0.39 is 0 Å². The van der Waals surface area contributed by atoms with Crippen LogP contribution in [0.25, 0.3) is 0 Å². The first kappa shape index (κ1) is 11.0. The van der Waals surface area contributed by atoms with Crippen LogP contribution in [0.5, 0.6) is 0 Å². The summed E-state index contributed by atoms with van der Waals surface area (Å²) in [6.07, 6.45) is 3.25. The predicted molar refractivity (Wildman–Crippen MR) is 54.6 cm³/mol. The largest absolute Gasteiger partial charge is 0.396 e. The number of hydrogen-bond acceptors (Lipinski definition) is 3. The lowest BCUT2D eigenvalue weighted by atomic mass is 10.0. The van der Waals surface area contributed by atoms with Crippen molar-refractivity contribution in [2.75, 3.05) is 19.7 Å². The Hall–Kier alpha value is -0.120. The molecule has 1 aliphatic heterocycles. The van der Waals surface area contributed by atoms with Crippen LogP contribution >= 0.6 is 0 Å².